The average Bonchev–Trinajstić information content (AvgIpc) is 2.61. The van der Waals surface area contributed by atoms with E-state index >= 15 is 0 Å². The van der Waals surface area contributed by atoms with E-state index in [9.17, 15) is 14.9 Å². The molecule has 0 spiro atoms. The third-order valence-corrected chi connectivity index (χ3v) is 5.17. The summed E-state index contributed by atoms with van der Waals surface area (Å²) in [6, 6.07) is 2.32. The molecule has 1 aliphatic heterocycles. The van der Waals surface area contributed by atoms with Crippen LogP contribution in [-0.4, -0.2) is 48.4 Å². The number of piperidine rings is 1. The van der Waals surface area contributed by atoms with Gasteiger partial charge in [0, 0.05) is 12.5 Å². The van der Waals surface area contributed by atoms with Crippen molar-refractivity contribution < 1.29 is 9.59 Å². The Hall–Kier alpha value is -1.61. The molecular formula is C18H30N4O2. The van der Waals surface area contributed by atoms with Crippen LogP contribution in [0.15, 0.2) is 0 Å². The minimum absolute atomic E-state index is 0.0627. The molecule has 1 saturated carbocycles. The van der Waals surface area contributed by atoms with Gasteiger partial charge in [-0.25, -0.2) is 0 Å². The van der Waals surface area contributed by atoms with Crippen LogP contribution in [-0.2, 0) is 9.59 Å². The second kappa shape index (κ2) is 9.03. The van der Waals surface area contributed by atoms with E-state index in [1.165, 1.54) is 0 Å². The van der Waals surface area contributed by atoms with Gasteiger partial charge in [-0.05, 0) is 45.2 Å². The van der Waals surface area contributed by atoms with Crippen LogP contribution >= 0.6 is 0 Å². The normalized spacial score (nSPS) is 21.7. The molecular weight excluding hydrogens is 304 g/mol. The number of carbonyl (C=O) groups is 2. The maximum atomic E-state index is 12.3. The van der Waals surface area contributed by atoms with Gasteiger partial charge in [0.15, 0.2) is 0 Å². The number of nitrogens with zero attached hydrogens (tertiary/aromatic N) is 2. The number of nitrogens with one attached hydrogen (secondary N) is 2. The molecule has 0 aromatic rings. The fourth-order valence-electron chi connectivity index (χ4n) is 3.68. The molecule has 0 radical (unpaired) electrons. The van der Waals surface area contributed by atoms with Gasteiger partial charge in [-0.1, -0.05) is 26.2 Å². The Morgan fingerprint density at radius 3 is 2.46 bits per heavy atom. The van der Waals surface area contributed by atoms with Gasteiger partial charge in [0.05, 0.1) is 12.6 Å². The number of hydrogen-bond donors (Lipinski definition) is 2. The molecule has 134 valence electrons. The number of amides is 2. The van der Waals surface area contributed by atoms with E-state index in [1.807, 2.05) is 6.92 Å². The minimum Gasteiger partial charge on any atom is -0.356 e. The average molecular weight is 334 g/mol. The Balaban J connectivity index is 1.74. The van der Waals surface area contributed by atoms with Gasteiger partial charge in [0.25, 0.3) is 0 Å². The van der Waals surface area contributed by atoms with Gasteiger partial charge in [-0.2, -0.15) is 5.26 Å². The molecule has 2 fully saturated rings. The van der Waals surface area contributed by atoms with Gasteiger partial charge in [0.2, 0.25) is 11.8 Å². The maximum Gasteiger partial charge on any atom is 0.235 e. The molecule has 24 heavy (non-hydrogen) atoms. The summed E-state index contributed by atoms with van der Waals surface area (Å²) in [5.74, 6) is 0.151. The zero-order chi connectivity index (χ0) is 17.4. The summed E-state index contributed by atoms with van der Waals surface area (Å²) in [4.78, 5) is 26.4. The quantitative estimate of drug-likeness (QED) is 0.772. The highest BCUT2D eigenvalue weighted by atomic mass is 16.2. The van der Waals surface area contributed by atoms with Crippen molar-refractivity contribution in [1.29, 1.82) is 5.26 Å². The smallest absolute Gasteiger partial charge is 0.235 e. The minimum atomic E-state index is -0.659. The lowest BCUT2D eigenvalue weighted by atomic mass is 9.83. The lowest BCUT2D eigenvalue weighted by Crippen LogP contribution is -2.52. The lowest BCUT2D eigenvalue weighted by Gasteiger charge is -2.34. The fraction of sp³-hybridized carbons (Fsp3) is 0.833. The molecule has 6 heteroatoms. The van der Waals surface area contributed by atoms with Crippen LogP contribution in [0.25, 0.3) is 0 Å². The summed E-state index contributed by atoms with van der Waals surface area (Å²) in [5.41, 5.74) is -0.659. The van der Waals surface area contributed by atoms with E-state index in [4.69, 9.17) is 0 Å². The van der Waals surface area contributed by atoms with Crippen LogP contribution in [0, 0.1) is 17.2 Å². The Bertz CT molecular complexity index is 472. The van der Waals surface area contributed by atoms with Crippen molar-refractivity contribution in [3.8, 4) is 6.07 Å². The van der Waals surface area contributed by atoms with Crippen LogP contribution in [0.2, 0.25) is 0 Å². The summed E-state index contributed by atoms with van der Waals surface area (Å²) in [5, 5.41) is 15.4. The first-order chi connectivity index (χ1) is 11.6. The second-order valence-electron chi connectivity index (χ2n) is 7.14. The van der Waals surface area contributed by atoms with Crippen molar-refractivity contribution in [3.63, 3.8) is 0 Å². The Labute approximate surface area is 145 Å². The highest BCUT2D eigenvalue weighted by molar-refractivity contribution is 5.80. The van der Waals surface area contributed by atoms with E-state index in [0.29, 0.717) is 6.54 Å². The van der Waals surface area contributed by atoms with Crippen molar-refractivity contribution in [3.05, 3.63) is 0 Å². The highest BCUT2D eigenvalue weighted by Gasteiger charge is 2.34. The van der Waals surface area contributed by atoms with Crippen molar-refractivity contribution in [1.82, 2.24) is 15.5 Å². The van der Waals surface area contributed by atoms with Crippen LogP contribution in [0.3, 0.4) is 0 Å². The van der Waals surface area contributed by atoms with E-state index < -0.39 is 5.54 Å². The predicted molar refractivity (Wildman–Crippen MR) is 92.0 cm³/mol. The first kappa shape index (κ1) is 18.7. The summed E-state index contributed by atoms with van der Waals surface area (Å²) >= 11 is 0. The molecule has 0 aromatic carbocycles. The molecule has 2 amide bonds. The summed E-state index contributed by atoms with van der Waals surface area (Å²) in [7, 11) is 0. The largest absolute Gasteiger partial charge is 0.356 e. The van der Waals surface area contributed by atoms with E-state index in [1.54, 1.807) is 0 Å². The Kier molecular flexibility index (Phi) is 7.04. The standard InChI is InChI=1S/C18H30N4O2/c1-2-10-20-17(24)15-6-11-22(12-7-15)13-16(23)21-18(14-19)8-4-3-5-9-18/h15H,2-13H2,1H3,(H,20,24)(H,21,23). The van der Waals surface area contributed by atoms with Gasteiger partial charge in [-0.15, -0.1) is 0 Å². The lowest BCUT2D eigenvalue weighted by molar-refractivity contribution is -0.127. The van der Waals surface area contributed by atoms with Crippen molar-refractivity contribution in [2.24, 2.45) is 5.92 Å². The number of likely N-dealkylation sites (tertiary alicyclic amines) is 1. The number of nitriles is 1. The van der Waals surface area contributed by atoms with E-state index in [-0.39, 0.29) is 17.7 Å². The van der Waals surface area contributed by atoms with Crippen LogP contribution < -0.4 is 10.6 Å². The first-order valence-electron chi connectivity index (χ1n) is 9.31. The number of hydrogen-bond acceptors (Lipinski definition) is 4. The molecule has 6 nitrogen and oxygen atoms in total. The molecule has 2 aliphatic rings. The van der Waals surface area contributed by atoms with Gasteiger partial charge < -0.3 is 10.6 Å². The summed E-state index contributed by atoms with van der Waals surface area (Å²) in [6.07, 6.45) is 7.22. The maximum absolute atomic E-state index is 12.3. The number of carbonyl (C=O) groups excluding carboxylic acids is 2. The Morgan fingerprint density at radius 1 is 1.21 bits per heavy atom. The molecule has 0 bridgehead atoms. The molecule has 2 N–H and O–H groups in total. The summed E-state index contributed by atoms with van der Waals surface area (Å²) < 4.78 is 0. The van der Waals surface area contributed by atoms with Crippen LogP contribution in [0.4, 0.5) is 0 Å². The fourth-order valence-corrected chi connectivity index (χ4v) is 3.68. The Morgan fingerprint density at radius 2 is 1.88 bits per heavy atom. The molecule has 2 rings (SSSR count). The molecule has 1 aliphatic carbocycles. The van der Waals surface area contributed by atoms with Crippen molar-refractivity contribution in [2.75, 3.05) is 26.2 Å². The molecule has 1 saturated heterocycles. The molecule has 1 heterocycles. The van der Waals surface area contributed by atoms with E-state index in [2.05, 4.69) is 21.6 Å². The van der Waals surface area contributed by atoms with Gasteiger partial charge >= 0.3 is 0 Å². The number of rotatable bonds is 6. The third-order valence-electron chi connectivity index (χ3n) is 5.17. The first-order valence-corrected chi connectivity index (χ1v) is 9.31. The SMILES string of the molecule is CCCNC(=O)C1CCN(CC(=O)NC2(C#N)CCCCC2)CC1. The summed E-state index contributed by atoms with van der Waals surface area (Å²) in [6.45, 7) is 4.63. The monoisotopic (exact) mass is 334 g/mol. The zero-order valence-corrected chi connectivity index (χ0v) is 14.8. The highest BCUT2D eigenvalue weighted by Crippen LogP contribution is 2.27. The van der Waals surface area contributed by atoms with Crippen molar-refractivity contribution >= 4 is 11.8 Å². The molecule has 0 atom stereocenters. The topological polar surface area (TPSA) is 85.2 Å². The zero-order valence-electron chi connectivity index (χ0n) is 14.8. The molecule has 0 aromatic heterocycles. The van der Waals surface area contributed by atoms with E-state index in [0.717, 1.165) is 71.0 Å². The van der Waals surface area contributed by atoms with Crippen LogP contribution in [0.5, 0.6) is 0 Å². The van der Waals surface area contributed by atoms with Gasteiger partial charge in [0.1, 0.15) is 5.54 Å². The second-order valence-corrected chi connectivity index (χ2v) is 7.14. The molecule has 0 unspecified atom stereocenters. The van der Waals surface area contributed by atoms with Crippen LogP contribution in [0.1, 0.15) is 58.3 Å². The van der Waals surface area contributed by atoms with Gasteiger partial charge in [-0.3, -0.25) is 14.5 Å². The predicted octanol–water partition coefficient (Wildman–Crippen LogP) is 1.57. The third kappa shape index (κ3) is 5.20. The van der Waals surface area contributed by atoms with Crippen molar-refractivity contribution in [2.45, 2.75) is 63.8 Å².